The number of nitrogens with zero attached hydrogens (tertiary/aromatic N) is 1. The van der Waals surface area contributed by atoms with Crippen LogP contribution >= 0.6 is 0 Å². The zero-order chi connectivity index (χ0) is 18.6. The van der Waals surface area contributed by atoms with Gasteiger partial charge in [0.1, 0.15) is 5.58 Å². The van der Waals surface area contributed by atoms with Gasteiger partial charge in [0.25, 0.3) is 5.91 Å². The molecule has 0 bridgehead atoms. The van der Waals surface area contributed by atoms with E-state index >= 15 is 0 Å². The second-order valence-electron chi connectivity index (χ2n) is 6.96. The minimum atomic E-state index is -0.162. The molecule has 0 aliphatic carbocycles. The van der Waals surface area contributed by atoms with E-state index in [9.17, 15) is 4.79 Å². The molecule has 2 aromatic carbocycles. The number of hydrogen-bond acceptors (Lipinski definition) is 4. The van der Waals surface area contributed by atoms with E-state index in [0.29, 0.717) is 29.4 Å². The molecule has 5 heteroatoms. The Bertz CT molecular complexity index is 993. The highest BCUT2D eigenvalue weighted by atomic mass is 16.3. The molecule has 2 N–H and O–H groups in total. The third-order valence-electron chi connectivity index (χ3n) is 5.10. The first-order chi connectivity index (χ1) is 13.2. The number of rotatable bonds is 4. The number of piperidine rings is 1. The Morgan fingerprint density at radius 3 is 2.59 bits per heavy atom. The molecule has 0 spiro atoms. The Kier molecular flexibility index (Phi) is 4.91. The third-order valence-corrected chi connectivity index (χ3v) is 5.10. The predicted molar refractivity (Wildman–Crippen MR) is 104 cm³/mol. The Morgan fingerprint density at radius 1 is 1.11 bits per heavy atom. The first-order valence-corrected chi connectivity index (χ1v) is 9.26. The summed E-state index contributed by atoms with van der Waals surface area (Å²) < 4.78 is 5.80. The summed E-state index contributed by atoms with van der Waals surface area (Å²) in [5.41, 5.74) is 3.31. The molecule has 1 aliphatic rings. The van der Waals surface area contributed by atoms with Crippen molar-refractivity contribution in [2.75, 3.05) is 19.6 Å². The molecule has 4 rings (SSSR count). The zero-order valence-electron chi connectivity index (χ0n) is 15.0. The molecular weight excluding hydrogens is 338 g/mol. The highest BCUT2D eigenvalue weighted by Gasteiger charge is 2.17. The maximum Gasteiger partial charge on any atom is 0.287 e. The first-order valence-electron chi connectivity index (χ1n) is 9.26. The molecular formula is C22H21N3O2. The van der Waals surface area contributed by atoms with Gasteiger partial charge in [0.2, 0.25) is 0 Å². The van der Waals surface area contributed by atoms with Gasteiger partial charge in [-0.1, -0.05) is 24.3 Å². The van der Waals surface area contributed by atoms with Gasteiger partial charge in [-0.05, 0) is 67.2 Å². The van der Waals surface area contributed by atoms with E-state index in [1.54, 1.807) is 18.2 Å². The van der Waals surface area contributed by atoms with Gasteiger partial charge in [-0.25, -0.2) is 0 Å². The zero-order valence-corrected chi connectivity index (χ0v) is 15.0. The lowest BCUT2D eigenvalue weighted by Gasteiger charge is -2.22. The Hall–Kier alpha value is -3.10. The fourth-order valence-corrected chi connectivity index (χ4v) is 3.47. The Labute approximate surface area is 158 Å². The van der Waals surface area contributed by atoms with Gasteiger partial charge >= 0.3 is 0 Å². The molecule has 3 aromatic rings. The fourth-order valence-electron chi connectivity index (χ4n) is 3.47. The van der Waals surface area contributed by atoms with E-state index in [2.05, 4.69) is 16.7 Å². The number of amides is 1. The number of hydrogen-bond donors (Lipinski definition) is 2. The van der Waals surface area contributed by atoms with Crippen LogP contribution in [0, 0.1) is 17.2 Å². The SMILES string of the molecule is N#Cc1ccc(-c2ccc3cc(C(=O)NCC4CCNCC4)oc3c2)cc1. The number of carbonyl (C=O) groups excluding carboxylic acids is 1. The van der Waals surface area contributed by atoms with E-state index in [1.807, 2.05) is 30.3 Å². The molecule has 1 aliphatic heterocycles. The normalized spacial score (nSPS) is 14.8. The van der Waals surface area contributed by atoms with Crippen LogP contribution in [0.5, 0.6) is 0 Å². The molecule has 0 radical (unpaired) electrons. The number of benzene rings is 2. The summed E-state index contributed by atoms with van der Waals surface area (Å²) in [7, 11) is 0. The molecule has 5 nitrogen and oxygen atoms in total. The first kappa shape index (κ1) is 17.3. The monoisotopic (exact) mass is 359 g/mol. The van der Waals surface area contributed by atoms with Gasteiger partial charge in [-0.3, -0.25) is 4.79 Å². The minimum Gasteiger partial charge on any atom is -0.451 e. The topological polar surface area (TPSA) is 78.1 Å². The van der Waals surface area contributed by atoms with Gasteiger partial charge in [0.05, 0.1) is 11.6 Å². The second-order valence-corrected chi connectivity index (χ2v) is 6.96. The lowest BCUT2D eigenvalue weighted by molar-refractivity contribution is 0.0918. The van der Waals surface area contributed by atoms with E-state index in [4.69, 9.17) is 9.68 Å². The number of nitrogens with one attached hydrogen (secondary N) is 2. The standard InChI is InChI=1S/C22H21N3O2/c23-13-15-1-3-17(4-2-15)18-5-6-19-12-21(27-20(19)11-18)22(26)25-14-16-7-9-24-10-8-16/h1-6,11-12,16,24H,7-10,14H2,(H,25,26). The molecule has 1 aromatic heterocycles. The Morgan fingerprint density at radius 2 is 1.85 bits per heavy atom. The van der Waals surface area contributed by atoms with Gasteiger partial charge in [0, 0.05) is 11.9 Å². The molecule has 1 amide bonds. The third kappa shape index (κ3) is 3.86. The molecule has 27 heavy (non-hydrogen) atoms. The average molecular weight is 359 g/mol. The van der Waals surface area contributed by atoms with Crippen LogP contribution in [0.25, 0.3) is 22.1 Å². The molecule has 0 unspecified atom stereocenters. The average Bonchev–Trinajstić information content (AvgIpc) is 3.16. The maximum absolute atomic E-state index is 12.4. The fraction of sp³-hybridized carbons (Fsp3) is 0.273. The summed E-state index contributed by atoms with van der Waals surface area (Å²) in [5, 5.41) is 16.1. The lowest BCUT2D eigenvalue weighted by Crippen LogP contribution is -2.35. The van der Waals surface area contributed by atoms with Crippen LogP contribution in [0.3, 0.4) is 0 Å². The van der Waals surface area contributed by atoms with Crippen LogP contribution in [0.2, 0.25) is 0 Å². The van der Waals surface area contributed by atoms with Crippen LogP contribution in [0.1, 0.15) is 29.0 Å². The van der Waals surface area contributed by atoms with Crippen LogP contribution in [0.15, 0.2) is 52.9 Å². The number of carbonyl (C=O) groups is 1. The summed E-state index contributed by atoms with van der Waals surface area (Å²) in [4.78, 5) is 12.4. The summed E-state index contributed by atoms with van der Waals surface area (Å²) in [6.07, 6.45) is 2.18. The quantitative estimate of drug-likeness (QED) is 0.744. The number of nitriles is 1. The molecule has 1 saturated heterocycles. The predicted octanol–water partition coefficient (Wildman–Crippen LogP) is 3.70. The van der Waals surface area contributed by atoms with E-state index in [0.717, 1.165) is 42.4 Å². The maximum atomic E-state index is 12.4. The number of furan rings is 1. The van der Waals surface area contributed by atoms with Crippen LogP contribution in [-0.2, 0) is 0 Å². The summed E-state index contributed by atoms with van der Waals surface area (Å²) in [6, 6.07) is 17.2. The van der Waals surface area contributed by atoms with Crippen LogP contribution in [0.4, 0.5) is 0 Å². The summed E-state index contributed by atoms with van der Waals surface area (Å²) >= 11 is 0. The number of fused-ring (bicyclic) bond motifs is 1. The van der Waals surface area contributed by atoms with Crippen molar-refractivity contribution in [3.05, 3.63) is 59.9 Å². The van der Waals surface area contributed by atoms with Crippen molar-refractivity contribution in [3.63, 3.8) is 0 Å². The van der Waals surface area contributed by atoms with Crippen molar-refractivity contribution >= 4 is 16.9 Å². The van der Waals surface area contributed by atoms with E-state index in [1.165, 1.54) is 0 Å². The molecule has 136 valence electrons. The van der Waals surface area contributed by atoms with Crippen molar-refractivity contribution < 1.29 is 9.21 Å². The summed E-state index contributed by atoms with van der Waals surface area (Å²) in [5.74, 6) is 0.711. The van der Waals surface area contributed by atoms with Crippen molar-refractivity contribution in [1.82, 2.24) is 10.6 Å². The second kappa shape index (κ2) is 7.65. The molecule has 0 saturated carbocycles. The van der Waals surface area contributed by atoms with E-state index < -0.39 is 0 Å². The summed E-state index contributed by atoms with van der Waals surface area (Å²) in [6.45, 7) is 2.72. The smallest absolute Gasteiger partial charge is 0.287 e. The van der Waals surface area contributed by atoms with Gasteiger partial charge < -0.3 is 15.1 Å². The molecule has 0 atom stereocenters. The van der Waals surface area contributed by atoms with Crippen molar-refractivity contribution in [1.29, 1.82) is 5.26 Å². The van der Waals surface area contributed by atoms with Crippen LogP contribution in [-0.4, -0.2) is 25.5 Å². The van der Waals surface area contributed by atoms with Crippen molar-refractivity contribution in [3.8, 4) is 17.2 Å². The lowest BCUT2D eigenvalue weighted by atomic mass is 9.98. The molecule has 1 fully saturated rings. The van der Waals surface area contributed by atoms with Crippen molar-refractivity contribution in [2.24, 2.45) is 5.92 Å². The highest BCUT2D eigenvalue weighted by molar-refractivity contribution is 5.96. The van der Waals surface area contributed by atoms with Crippen LogP contribution < -0.4 is 10.6 Å². The minimum absolute atomic E-state index is 0.162. The van der Waals surface area contributed by atoms with E-state index in [-0.39, 0.29) is 5.91 Å². The molecule has 2 heterocycles. The van der Waals surface area contributed by atoms with Gasteiger partial charge in [-0.15, -0.1) is 0 Å². The highest BCUT2D eigenvalue weighted by Crippen LogP contribution is 2.27. The van der Waals surface area contributed by atoms with Gasteiger partial charge in [-0.2, -0.15) is 5.26 Å². The van der Waals surface area contributed by atoms with Crippen molar-refractivity contribution in [2.45, 2.75) is 12.8 Å². The van der Waals surface area contributed by atoms with Gasteiger partial charge in [0.15, 0.2) is 5.76 Å². The largest absolute Gasteiger partial charge is 0.451 e. The Balaban J connectivity index is 1.49.